The third-order valence-electron chi connectivity index (χ3n) is 5.48. The van der Waals surface area contributed by atoms with E-state index in [0.717, 1.165) is 18.5 Å². The Hall–Kier alpha value is -3.52. The zero-order valence-electron chi connectivity index (χ0n) is 19.0. The Kier molecular flexibility index (Phi) is 8.32. The van der Waals surface area contributed by atoms with Crippen molar-refractivity contribution >= 4 is 28.8 Å². The molecule has 8 nitrogen and oxygen atoms in total. The third kappa shape index (κ3) is 5.46. The summed E-state index contributed by atoms with van der Waals surface area (Å²) in [6.45, 7) is 5.85. The van der Waals surface area contributed by atoms with Crippen molar-refractivity contribution in [2.75, 3.05) is 31.2 Å². The number of nitro groups is 1. The molecule has 0 aliphatic carbocycles. The molecule has 3 rings (SSSR count). The number of ether oxygens (including phenoxy) is 1. The number of carbonyl (C=O) groups is 2. The van der Waals surface area contributed by atoms with Gasteiger partial charge in [-0.2, -0.15) is 0 Å². The van der Waals surface area contributed by atoms with Crippen LogP contribution >= 0.6 is 0 Å². The predicted molar refractivity (Wildman–Crippen MR) is 127 cm³/mol. The zero-order chi connectivity index (χ0) is 23.8. The van der Waals surface area contributed by atoms with Gasteiger partial charge < -0.3 is 9.64 Å². The second-order valence-corrected chi connectivity index (χ2v) is 7.69. The molecule has 33 heavy (non-hydrogen) atoms. The molecule has 1 heterocycles. The molecule has 2 amide bonds. The standard InChI is InChI=1S/C25H29N3O5/c1-3-5-17-33-18-9-16-27-24(29)22(19-12-14-21(15-13-19)28(31)32)23(25(27)30)26(4-2)20-10-7-6-8-11-20/h6-8,10-15H,3-5,9,16-18H2,1-2H3. The lowest BCUT2D eigenvalue weighted by molar-refractivity contribution is -0.384. The van der Waals surface area contributed by atoms with Crippen LogP contribution in [0.15, 0.2) is 60.3 Å². The van der Waals surface area contributed by atoms with E-state index in [1.54, 1.807) is 0 Å². The highest BCUT2D eigenvalue weighted by molar-refractivity contribution is 6.36. The van der Waals surface area contributed by atoms with Crippen LogP contribution in [0.5, 0.6) is 0 Å². The molecule has 0 unspecified atom stereocenters. The van der Waals surface area contributed by atoms with Crippen molar-refractivity contribution in [2.45, 2.75) is 33.1 Å². The van der Waals surface area contributed by atoms with Crippen molar-refractivity contribution in [1.82, 2.24) is 4.90 Å². The minimum atomic E-state index is -0.492. The second-order valence-electron chi connectivity index (χ2n) is 7.69. The molecule has 0 fully saturated rings. The van der Waals surface area contributed by atoms with Gasteiger partial charge in [0.1, 0.15) is 5.70 Å². The number of rotatable bonds is 12. The van der Waals surface area contributed by atoms with Crippen molar-refractivity contribution in [3.05, 3.63) is 76.0 Å². The average Bonchev–Trinajstić information content (AvgIpc) is 3.07. The fourth-order valence-corrected chi connectivity index (χ4v) is 3.78. The van der Waals surface area contributed by atoms with E-state index in [-0.39, 0.29) is 29.4 Å². The van der Waals surface area contributed by atoms with Gasteiger partial charge in [-0.15, -0.1) is 0 Å². The van der Waals surface area contributed by atoms with E-state index in [2.05, 4.69) is 6.92 Å². The first-order chi connectivity index (χ1) is 16.0. The Morgan fingerprint density at radius 2 is 1.61 bits per heavy atom. The fraction of sp³-hybridized carbons (Fsp3) is 0.360. The maximum absolute atomic E-state index is 13.5. The summed E-state index contributed by atoms with van der Waals surface area (Å²) in [6, 6.07) is 15.1. The normalized spacial score (nSPS) is 13.7. The predicted octanol–water partition coefficient (Wildman–Crippen LogP) is 4.41. The van der Waals surface area contributed by atoms with Crippen LogP contribution in [-0.2, 0) is 14.3 Å². The van der Waals surface area contributed by atoms with Gasteiger partial charge in [0.15, 0.2) is 0 Å². The van der Waals surface area contributed by atoms with Crippen molar-refractivity contribution < 1.29 is 19.2 Å². The molecule has 8 heteroatoms. The minimum absolute atomic E-state index is 0.0748. The van der Waals surface area contributed by atoms with Crippen LogP contribution in [-0.4, -0.2) is 47.9 Å². The number of hydrogen-bond donors (Lipinski definition) is 0. The first-order valence-corrected chi connectivity index (χ1v) is 11.2. The summed E-state index contributed by atoms with van der Waals surface area (Å²) >= 11 is 0. The number of non-ortho nitro benzene ring substituents is 1. The van der Waals surface area contributed by atoms with Crippen molar-refractivity contribution in [1.29, 1.82) is 0 Å². The molecule has 2 aromatic rings. The van der Waals surface area contributed by atoms with E-state index in [0.29, 0.717) is 31.7 Å². The highest BCUT2D eigenvalue weighted by atomic mass is 16.6. The van der Waals surface area contributed by atoms with Crippen LogP contribution in [0.3, 0.4) is 0 Å². The van der Waals surface area contributed by atoms with E-state index in [4.69, 9.17) is 4.74 Å². The van der Waals surface area contributed by atoms with Crippen LogP contribution in [0.25, 0.3) is 5.57 Å². The smallest absolute Gasteiger partial charge is 0.278 e. The number of para-hydroxylation sites is 1. The van der Waals surface area contributed by atoms with Crippen molar-refractivity contribution in [2.24, 2.45) is 0 Å². The van der Waals surface area contributed by atoms with Crippen molar-refractivity contribution in [3.8, 4) is 0 Å². The summed E-state index contributed by atoms with van der Waals surface area (Å²) in [5, 5.41) is 11.1. The number of amides is 2. The molecule has 0 saturated heterocycles. The van der Waals surface area contributed by atoms with Crippen LogP contribution in [0, 0.1) is 10.1 Å². The molecule has 0 spiro atoms. The van der Waals surface area contributed by atoms with E-state index in [1.807, 2.05) is 42.2 Å². The molecule has 0 saturated carbocycles. The number of carbonyl (C=O) groups excluding carboxylic acids is 2. The molecule has 174 valence electrons. The summed E-state index contributed by atoms with van der Waals surface area (Å²) in [5.41, 5.74) is 1.74. The Labute approximate surface area is 193 Å². The van der Waals surface area contributed by atoms with Gasteiger partial charge in [-0.3, -0.25) is 24.6 Å². The van der Waals surface area contributed by atoms with E-state index >= 15 is 0 Å². The molecule has 1 aliphatic heterocycles. The third-order valence-corrected chi connectivity index (χ3v) is 5.48. The van der Waals surface area contributed by atoms with Crippen LogP contribution in [0.4, 0.5) is 11.4 Å². The zero-order valence-corrected chi connectivity index (χ0v) is 19.0. The Balaban J connectivity index is 1.94. The molecular formula is C25H29N3O5. The van der Waals surface area contributed by atoms with Gasteiger partial charge >= 0.3 is 0 Å². The number of hydrogen-bond acceptors (Lipinski definition) is 6. The maximum Gasteiger partial charge on any atom is 0.278 e. The average molecular weight is 452 g/mol. The van der Waals surface area contributed by atoms with E-state index < -0.39 is 10.8 Å². The molecule has 2 aromatic carbocycles. The Bertz CT molecular complexity index is 1020. The van der Waals surface area contributed by atoms with Crippen LogP contribution in [0.2, 0.25) is 0 Å². The van der Waals surface area contributed by atoms with E-state index in [1.165, 1.54) is 29.2 Å². The SMILES string of the molecule is CCCCOCCCN1C(=O)C(c2ccc([N+](=O)[O-])cc2)=C(N(CC)c2ccccc2)C1=O. The van der Waals surface area contributed by atoms with Gasteiger partial charge in [0.05, 0.1) is 10.5 Å². The molecule has 0 N–H and O–H groups in total. The number of unbranched alkanes of at least 4 members (excludes halogenated alkanes) is 1. The highest BCUT2D eigenvalue weighted by Crippen LogP contribution is 2.34. The Morgan fingerprint density at radius 1 is 0.939 bits per heavy atom. The first kappa shape index (κ1) is 24.1. The van der Waals surface area contributed by atoms with Gasteiger partial charge in [0.2, 0.25) is 0 Å². The number of anilines is 1. The monoisotopic (exact) mass is 451 g/mol. The summed E-state index contributed by atoms with van der Waals surface area (Å²) in [5.74, 6) is -0.764. The number of nitrogens with zero attached hydrogens (tertiary/aromatic N) is 3. The molecule has 0 bridgehead atoms. The highest BCUT2D eigenvalue weighted by Gasteiger charge is 2.41. The summed E-state index contributed by atoms with van der Waals surface area (Å²) in [4.78, 5) is 40.5. The fourth-order valence-electron chi connectivity index (χ4n) is 3.78. The van der Waals surface area contributed by atoms with E-state index in [9.17, 15) is 19.7 Å². The largest absolute Gasteiger partial charge is 0.381 e. The topological polar surface area (TPSA) is 93.0 Å². The molecular weight excluding hydrogens is 422 g/mol. The van der Waals surface area contributed by atoms with Gasteiger partial charge in [-0.05, 0) is 49.6 Å². The lowest BCUT2D eigenvalue weighted by Crippen LogP contribution is -2.36. The molecule has 0 radical (unpaired) electrons. The van der Waals surface area contributed by atoms with Gasteiger partial charge in [-0.25, -0.2) is 0 Å². The lowest BCUT2D eigenvalue weighted by atomic mass is 10.0. The summed E-state index contributed by atoms with van der Waals surface area (Å²) in [7, 11) is 0. The quantitative estimate of drug-likeness (QED) is 0.205. The number of benzene rings is 2. The lowest BCUT2D eigenvalue weighted by Gasteiger charge is -2.25. The van der Waals surface area contributed by atoms with Gasteiger partial charge in [-0.1, -0.05) is 31.5 Å². The molecule has 1 aliphatic rings. The van der Waals surface area contributed by atoms with Crippen LogP contribution < -0.4 is 4.90 Å². The van der Waals surface area contributed by atoms with Gasteiger partial charge in [0, 0.05) is 44.1 Å². The molecule has 0 aromatic heterocycles. The van der Waals surface area contributed by atoms with Crippen LogP contribution in [0.1, 0.15) is 38.7 Å². The van der Waals surface area contributed by atoms with Crippen molar-refractivity contribution in [3.63, 3.8) is 0 Å². The second kappa shape index (κ2) is 11.4. The number of nitro benzene ring substituents is 1. The minimum Gasteiger partial charge on any atom is -0.381 e. The summed E-state index contributed by atoms with van der Waals surface area (Å²) in [6.07, 6.45) is 2.56. The summed E-state index contributed by atoms with van der Waals surface area (Å²) < 4.78 is 5.58. The molecule has 0 atom stereocenters. The Morgan fingerprint density at radius 3 is 2.21 bits per heavy atom. The van der Waals surface area contributed by atoms with Gasteiger partial charge in [0.25, 0.3) is 17.5 Å². The number of imide groups is 1. The number of likely N-dealkylation sites (N-methyl/N-ethyl adjacent to an activating group) is 1. The first-order valence-electron chi connectivity index (χ1n) is 11.2. The maximum atomic E-state index is 13.5.